The Bertz CT molecular complexity index is 150. The van der Waals surface area contributed by atoms with Crippen molar-refractivity contribution in [2.24, 2.45) is 17.6 Å². The van der Waals surface area contributed by atoms with E-state index in [2.05, 4.69) is 0 Å². The number of aliphatic hydroxyl groups excluding tert-OH is 1. The molecule has 4 nitrogen and oxygen atoms in total. The molecule has 0 aliphatic rings. The van der Waals surface area contributed by atoms with Gasteiger partial charge < -0.3 is 15.9 Å². The van der Waals surface area contributed by atoms with Crippen LogP contribution in [0.4, 0.5) is 0 Å². The Hall–Kier alpha value is -0.610. The van der Waals surface area contributed by atoms with Crippen molar-refractivity contribution in [1.82, 2.24) is 0 Å². The van der Waals surface area contributed by atoms with E-state index in [4.69, 9.17) is 15.9 Å². The summed E-state index contributed by atoms with van der Waals surface area (Å²) in [7, 11) is 0. The molecule has 78 valence electrons. The van der Waals surface area contributed by atoms with Crippen molar-refractivity contribution in [2.75, 3.05) is 13.2 Å². The Labute approximate surface area is 78.7 Å². The van der Waals surface area contributed by atoms with Crippen LogP contribution in [0, 0.1) is 11.8 Å². The first-order valence-corrected chi connectivity index (χ1v) is 4.62. The lowest BCUT2D eigenvalue weighted by atomic mass is 9.91. The second-order valence-corrected chi connectivity index (χ2v) is 3.55. The zero-order valence-corrected chi connectivity index (χ0v) is 8.07. The van der Waals surface area contributed by atoms with E-state index in [9.17, 15) is 4.79 Å². The largest absolute Gasteiger partial charge is 0.481 e. The van der Waals surface area contributed by atoms with Crippen molar-refractivity contribution in [1.29, 1.82) is 0 Å². The molecule has 0 spiro atoms. The number of carboxylic acids is 1. The fourth-order valence-corrected chi connectivity index (χ4v) is 1.42. The minimum absolute atomic E-state index is 0.0408. The average molecular weight is 189 g/mol. The highest BCUT2D eigenvalue weighted by Gasteiger charge is 2.14. The van der Waals surface area contributed by atoms with Gasteiger partial charge in [-0.25, -0.2) is 0 Å². The van der Waals surface area contributed by atoms with Gasteiger partial charge in [0.15, 0.2) is 0 Å². The van der Waals surface area contributed by atoms with E-state index in [0.29, 0.717) is 12.5 Å². The van der Waals surface area contributed by atoms with Crippen LogP contribution in [0.3, 0.4) is 0 Å². The van der Waals surface area contributed by atoms with E-state index in [1.165, 1.54) is 0 Å². The third-order valence-corrected chi connectivity index (χ3v) is 2.15. The lowest BCUT2D eigenvalue weighted by Gasteiger charge is -2.16. The second-order valence-electron chi connectivity index (χ2n) is 3.55. The van der Waals surface area contributed by atoms with Crippen LogP contribution in [0.15, 0.2) is 0 Å². The molecule has 0 saturated carbocycles. The zero-order valence-electron chi connectivity index (χ0n) is 8.07. The maximum Gasteiger partial charge on any atom is 0.303 e. The molecule has 4 heteroatoms. The third kappa shape index (κ3) is 6.54. The summed E-state index contributed by atoms with van der Waals surface area (Å²) >= 11 is 0. The molecule has 0 aromatic rings. The fourth-order valence-electron chi connectivity index (χ4n) is 1.42. The van der Waals surface area contributed by atoms with Crippen molar-refractivity contribution < 1.29 is 15.0 Å². The molecule has 0 amide bonds. The van der Waals surface area contributed by atoms with Crippen molar-refractivity contribution in [3.63, 3.8) is 0 Å². The van der Waals surface area contributed by atoms with Gasteiger partial charge in [0.2, 0.25) is 0 Å². The number of aliphatic hydroxyl groups is 1. The minimum Gasteiger partial charge on any atom is -0.481 e. The molecular formula is C9H19NO3. The van der Waals surface area contributed by atoms with Crippen LogP contribution >= 0.6 is 0 Å². The van der Waals surface area contributed by atoms with Gasteiger partial charge in [-0.1, -0.05) is 6.92 Å². The van der Waals surface area contributed by atoms with E-state index >= 15 is 0 Å². The lowest BCUT2D eigenvalue weighted by molar-refractivity contribution is -0.138. The molecule has 2 atom stereocenters. The Morgan fingerprint density at radius 3 is 2.54 bits per heavy atom. The Morgan fingerprint density at radius 1 is 1.54 bits per heavy atom. The van der Waals surface area contributed by atoms with Gasteiger partial charge in [-0.2, -0.15) is 0 Å². The number of hydrogen-bond acceptors (Lipinski definition) is 3. The van der Waals surface area contributed by atoms with Crippen LogP contribution in [-0.2, 0) is 4.79 Å². The standard InChI is InChI=1S/C9H19NO3/c1-7(2-3-11)4-8(6-10)5-9(12)13/h7-8,11H,2-6,10H2,1H3,(H,12,13)/t7?,8-/m0/s1. The molecule has 0 aliphatic carbocycles. The molecule has 0 aromatic carbocycles. The summed E-state index contributed by atoms with van der Waals surface area (Å²) < 4.78 is 0. The predicted molar refractivity (Wildman–Crippen MR) is 50.3 cm³/mol. The van der Waals surface area contributed by atoms with E-state index in [-0.39, 0.29) is 18.9 Å². The van der Waals surface area contributed by atoms with Gasteiger partial charge in [0.05, 0.1) is 0 Å². The van der Waals surface area contributed by atoms with Crippen LogP contribution in [0.5, 0.6) is 0 Å². The highest BCUT2D eigenvalue weighted by Crippen LogP contribution is 2.17. The summed E-state index contributed by atoms with van der Waals surface area (Å²) in [5, 5.41) is 17.2. The quantitative estimate of drug-likeness (QED) is 0.542. The van der Waals surface area contributed by atoms with Gasteiger partial charge >= 0.3 is 5.97 Å². The summed E-state index contributed by atoms with van der Waals surface area (Å²) in [6, 6.07) is 0. The maximum atomic E-state index is 10.4. The summed E-state index contributed by atoms with van der Waals surface area (Å²) in [4.78, 5) is 10.4. The van der Waals surface area contributed by atoms with Crippen LogP contribution < -0.4 is 5.73 Å². The van der Waals surface area contributed by atoms with Gasteiger partial charge in [0.1, 0.15) is 0 Å². The summed E-state index contributed by atoms with van der Waals surface area (Å²) in [5.74, 6) is -0.413. The van der Waals surface area contributed by atoms with Crippen molar-refractivity contribution in [3.05, 3.63) is 0 Å². The lowest BCUT2D eigenvalue weighted by Crippen LogP contribution is -2.20. The van der Waals surface area contributed by atoms with Crippen molar-refractivity contribution >= 4 is 5.97 Å². The Kier molecular flexibility index (Phi) is 6.54. The summed E-state index contributed by atoms with van der Waals surface area (Å²) in [6.45, 7) is 2.56. The number of aliphatic carboxylic acids is 1. The monoisotopic (exact) mass is 189 g/mol. The van der Waals surface area contributed by atoms with Gasteiger partial charge in [-0.05, 0) is 31.2 Å². The predicted octanol–water partition coefficient (Wildman–Crippen LogP) is 0.445. The molecule has 0 rings (SSSR count). The number of nitrogens with two attached hydrogens (primary N) is 1. The Morgan fingerprint density at radius 2 is 2.15 bits per heavy atom. The molecule has 0 saturated heterocycles. The van der Waals surface area contributed by atoms with Crippen LogP contribution in [-0.4, -0.2) is 29.3 Å². The maximum absolute atomic E-state index is 10.4. The third-order valence-electron chi connectivity index (χ3n) is 2.15. The van der Waals surface area contributed by atoms with Gasteiger partial charge in [0.25, 0.3) is 0 Å². The summed E-state index contributed by atoms with van der Waals surface area (Å²) in [6.07, 6.45) is 1.63. The molecule has 0 radical (unpaired) electrons. The first-order valence-electron chi connectivity index (χ1n) is 4.62. The zero-order chi connectivity index (χ0) is 10.3. The number of hydrogen-bond donors (Lipinski definition) is 3. The van der Waals surface area contributed by atoms with Crippen molar-refractivity contribution in [2.45, 2.75) is 26.2 Å². The average Bonchev–Trinajstić information content (AvgIpc) is 2.02. The molecule has 0 aliphatic heterocycles. The first kappa shape index (κ1) is 12.4. The van der Waals surface area contributed by atoms with Gasteiger partial charge in [-0.15, -0.1) is 0 Å². The van der Waals surface area contributed by atoms with Crippen LogP contribution in [0.1, 0.15) is 26.2 Å². The minimum atomic E-state index is -0.799. The normalized spacial score (nSPS) is 15.3. The van der Waals surface area contributed by atoms with Gasteiger partial charge in [-0.3, -0.25) is 4.79 Å². The van der Waals surface area contributed by atoms with E-state index in [1.54, 1.807) is 0 Å². The Balaban J connectivity index is 3.75. The highest BCUT2D eigenvalue weighted by molar-refractivity contribution is 5.67. The van der Waals surface area contributed by atoms with Gasteiger partial charge in [0, 0.05) is 13.0 Å². The molecule has 1 unspecified atom stereocenters. The number of carbonyl (C=O) groups is 1. The number of rotatable bonds is 7. The fraction of sp³-hybridized carbons (Fsp3) is 0.889. The van der Waals surface area contributed by atoms with Crippen LogP contribution in [0.2, 0.25) is 0 Å². The van der Waals surface area contributed by atoms with E-state index < -0.39 is 5.97 Å². The molecular weight excluding hydrogens is 170 g/mol. The van der Waals surface area contributed by atoms with Crippen molar-refractivity contribution in [3.8, 4) is 0 Å². The van der Waals surface area contributed by atoms with E-state index in [0.717, 1.165) is 12.8 Å². The smallest absolute Gasteiger partial charge is 0.303 e. The molecule has 0 aromatic heterocycles. The molecule has 13 heavy (non-hydrogen) atoms. The molecule has 0 bridgehead atoms. The second kappa shape index (κ2) is 6.86. The summed E-state index contributed by atoms with van der Waals surface area (Å²) in [5.41, 5.74) is 5.44. The SMILES string of the molecule is CC(CCO)C[C@H](CN)CC(=O)O. The topological polar surface area (TPSA) is 83.5 Å². The first-order chi connectivity index (χ1) is 6.10. The molecule has 0 heterocycles. The highest BCUT2D eigenvalue weighted by atomic mass is 16.4. The van der Waals surface area contributed by atoms with Crippen LogP contribution in [0.25, 0.3) is 0 Å². The molecule has 0 fully saturated rings. The number of carboxylic acid groups (broad SMARTS) is 1. The molecule has 4 N–H and O–H groups in total. The van der Waals surface area contributed by atoms with E-state index in [1.807, 2.05) is 6.92 Å².